The fourth-order valence-corrected chi connectivity index (χ4v) is 4.42. The molecule has 1 aliphatic heterocycles. The molecule has 1 amide bonds. The largest absolute Gasteiger partial charge is 0.463 e. The van der Waals surface area contributed by atoms with Crippen molar-refractivity contribution in [3.8, 4) is 5.69 Å². The van der Waals surface area contributed by atoms with E-state index in [1.54, 1.807) is 70.6 Å². The van der Waals surface area contributed by atoms with Gasteiger partial charge in [-0.05, 0) is 53.7 Å². The Bertz CT molecular complexity index is 1410. The van der Waals surface area contributed by atoms with Crippen LogP contribution in [0, 0.1) is 12.8 Å². The summed E-state index contributed by atoms with van der Waals surface area (Å²) in [5.41, 5.74) is 0.968. The zero-order valence-corrected chi connectivity index (χ0v) is 23.6. The fraction of sp³-hybridized carbons (Fsp3) is 0.393. The quantitative estimate of drug-likeness (QED) is 0.352. The summed E-state index contributed by atoms with van der Waals surface area (Å²) in [6.07, 6.45) is -1.39. The normalized spacial score (nSPS) is 14.4. The number of para-hydroxylation sites is 1. The van der Waals surface area contributed by atoms with Crippen LogP contribution in [0.25, 0.3) is 5.69 Å². The lowest BCUT2D eigenvalue weighted by Gasteiger charge is -2.29. The number of allylic oxidation sites excluding steroid dienone is 2. The average Bonchev–Trinajstić information content (AvgIpc) is 3.11. The van der Waals surface area contributed by atoms with Crippen molar-refractivity contribution < 1.29 is 33.4 Å². The summed E-state index contributed by atoms with van der Waals surface area (Å²) in [6, 6.07) is 8.89. The van der Waals surface area contributed by atoms with Gasteiger partial charge in [0.05, 0.1) is 35.7 Å². The van der Waals surface area contributed by atoms with Crippen LogP contribution in [0.5, 0.6) is 0 Å². The minimum atomic E-state index is -1.50. The highest BCUT2D eigenvalue weighted by Crippen LogP contribution is 2.33. The first-order valence-corrected chi connectivity index (χ1v) is 12.8. The predicted molar refractivity (Wildman–Crippen MR) is 145 cm³/mol. The number of carbonyl (C=O) groups excluding carboxylic acids is 4. The van der Waals surface area contributed by atoms with E-state index in [2.05, 4.69) is 10.6 Å². The number of hydrogen-bond acceptors (Lipinski definition) is 9. The highest BCUT2D eigenvalue weighted by Gasteiger charge is 2.43. The number of carbonyl (C=O) groups is 4. The lowest BCUT2D eigenvalue weighted by molar-refractivity contribution is -0.158. The molecular formula is C28H34N4O8. The minimum absolute atomic E-state index is 0.0204. The van der Waals surface area contributed by atoms with Crippen LogP contribution in [-0.2, 0) is 40.4 Å². The van der Waals surface area contributed by atoms with E-state index in [0.717, 1.165) is 0 Å². The van der Waals surface area contributed by atoms with Gasteiger partial charge in [-0.2, -0.15) is 0 Å². The molecule has 2 heterocycles. The second kappa shape index (κ2) is 12.5. The molecule has 214 valence electrons. The molecule has 2 aromatic rings. The van der Waals surface area contributed by atoms with Gasteiger partial charge in [-0.15, -0.1) is 0 Å². The van der Waals surface area contributed by atoms with Gasteiger partial charge in [-0.3, -0.25) is 19.1 Å². The van der Waals surface area contributed by atoms with Crippen molar-refractivity contribution in [1.29, 1.82) is 0 Å². The lowest BCUT2D eigenvalue weighted by atomic mass is 9.85. The highest BCUT2D eigenvalue weighted by molar-refractivity contribution is 6.06. The maximum Gasteiger partial charge on any atom is 0.337 e. The van der Waals surface area contributed by atoms with Crippen LogP contribution in [0.4, 0.5) is 5.69 Å². The second-order valence-corrected chi connectivity index (χ2v) is 9.08. The predicted octanol–water partition coefficient (Wildman–Crippen LogP) is 2.25. The molecule has 12 heteroatoms. The number of nitrogens with zero attached hydrogens (tertiary/aromatic N) is 2. The number of nitrogens with one attached hydrogen (secondary N) is 2. The Hall–Kier alpha value is -4.61. The van der Waals surface area contributed by atoms with Gasteiger partial charge in [0.1, 0.15) is 11.6 Å². The first-order valence-electron chi connectivity index (χ1n) is 12.8. The highest BCUT2D eigenvalue weighted by atomic mass is 16.6. The van der Waals surface area contributed by atoms with E-state index < -0.39 is 41.4 Å². The molecule has 0 aliphatic carbocycles. The van der Waals surface area contributed by atoms with Crippen molar-refractivity contribution in [3.05, 3.63) is 68.9 Å². The molecule has 0 saturated heterocycles. The number of benzene rings is 1. The number of rotatable bonds is 9. The van der Waals surface area contributed by atoms with Gasteiger partial charge in [0.15, 0.2) is 6.10 Å². The molecular weight excluding hydrogens is 520 g/mol. The van der Waals surface area contributed by atoms with Crippen LogP contribution < -0.4 is 16.2 Å². The topological polar surface area (TPSA) is 147 Å². The van der Waals surface area contributed by atoms with E-state index in [1.165, 1.54) is 11.6 Å². The zero-order valence-electron chi connectivity index (χ0n) is 23.6. The van der Waals surface area contributed by atoms with E-state index in [0.29, 0.717) is 22.8 Å². The summed E-state index contributed by atoms with van der Waals surface area (Å²) < 4.78 is 18.7. The molecule has 0 fully saturated rings. The molecule has 1 aromatic carbocycles. The number of amides is 1. The molecule has 2 N–H and O–H groups in total. The van der Waals surface area contributed by atoms with Gasteiger partial charge in [-0.25, -0.2) is 14.3 Å². The maximum atomic E-state index is 13.5. The summed E-state index contributed by atoms with van der Waals surface area (Å²) in [5.74, 6) is -4.93. The molecule has 12 nitrogen and oxygen atoms in total. The Morgan fingerprint density at radius 2 is 1.48 bits per heavy atom. The van der Waals surface area contributed by atoms with Gasteiger partial charge in [0.25, 0.3) is 11.5 Å². The average molecular weight is 555 g/mol. The Kier molecular flexibility index (Phi) is 9.35. The third kappa shape index (κ3) is 5.85. The first-order chi connectivity index (χ1) is 18.9. The number of esters is 3. The number of aromatic nitrogens is 2. The van der Waals surface area contributed by atoms with E-state index in [4.69, 9.17) is 14.2 Å². The Morgan fingerprint density at radius 1 is 0.950 bits per heavy atom. The third-order valence-corrected chi connectivity index (χ3v) is 6.45. The van der Waals surface area contributed by atoms with Crippen LogP contribution in [-0.4, -0.2) is 52.5 Å². The summed E-state index contributed by atoms with van der Waals surface area (Å²) in [5, 5.41) is 5.47. The van der Waals surface area contributed by atoms with Crippen molar-refractivity contribution in [2.45, 2.75) is 47.6 Å². The molecule has 1 aliphatic rings. The standard InChI is InChI=1S/C28H34N4O8/c1-8-38-26(35)20-15(3)29-16(4)21(27(36)39-9-2)22(20)28(37)40-18(6)24(33)30-23-17(5)31(7)32(25(23)34)19-13-11-10-12-14-19/h10-14,18,22,29H,8-9H2,1-7H3,(H,30,33)/t18-/m0/s1. The van der Waals surface area contributed by atoms with Crippen LogP contribution >= 0.6 is 0 Å². The molecule has 0 saturated carbocycles. The van der Waals surface area contributed by atoms with Crippen LogP contribution in [0.1, 0.15) is 40.3 Å². The van der Waals surface area contributed by atoms with E-state index in [1.807, 2.05) is 6.07 Å². The summed E-state index contributed by atoms with van der Waals surface area (Å²) in [4.78, 5) is 65.4. The molecule has 0 radical (unpaired) electrons. The van der Waals surface area contributed by atoms with E-state index in [9.17, 15) is 24.0 Å². The molecule has 1 aromatic heterocycles. The smallest absolute Gasteiger partial charge is 0.337 e. The molecule has 0 spiro atoms. The van der Waals surface area contributed by atoms with E-state index >= 15 is 0 Å². The van der Waals surface area contributed by atoms with Gasteiger partial charge in [0.2, 0.25) is 0 Å². The summed E-state index contributed by atoms with van der Waals surface area (Å²) in [7, 11) is 1.68. The Balaban J connectivity index is 1.90. The van der Waals surface area contributed by atoms with Crippen LogP contribution in [0.3, 0.4) is 0 Å². The number of hydrogen-bond donors (Lipinski definition) is 2. The molecule has 3 rings (SSSR count). The first kappa shape index (κ1) is 29.9. The van der Waals surface area contributed by atoms with Crippen LogP contribution in [0.15, 0.2) is 57.7 Å². The minimum Gasteiger partial charge on any atom is -0.463 e. The zero-order chi connectivity index (χ0) is 29.7. The second-order valence-electron chi connectivity index (χ2n) is 9.08. The lowest BCUT2D eigenvalue weighted by Crippen LogP contribution is -2.41. The SMILES string of the molecule is CCOC(=O)C1=C(C)NC(C)=C(C(=O)OCC)C1C(=O)O[C@@H](C)C(=O)Nc1c(C)n(C)n(-c2ccccc2)c1=O. The molecule has 40 heavy (non-hydrogen) atoms. The summed E-state index contributed by atoms with van der Waals surface area (Å²) >= 11 is 0. The number of ether oxygens (including phenoxy) is 3. The van der Waals surface area contributed by atoms with E-state index in [-0.39, 0.29) is 30.0 Å². The van der Waals surface area contributed by atoms with Crippen molar-refractivity contribution in [2.24, 2.45) is 13.0 Å². The maximum absolute atomic E-state index is 13.5. The van der Waals surface area contributed by atoms with Gasteiger partial charge >= 0.3 is 17.9 Å². The van der Waals surface area contributed by atoms with Crippen molar-refractivity contribution in [1.82, 2.24) is 14.7 Å². The van der Waals surface area contributed by atoms with Gasteiger partial charge in [0, 0.05) is 18.4 Å². The van der Waals surface area contributed by atoms with Crippen molar-refractivity contribution >= 4 is 29.5 Å². The molecule has 0 bridgehead atoms. The van der Waals surface area contributed by atoms with Crippen molar-refractivity contribution in [3.63, 3.8) is 0 Å². The summed E-state index contributed by atoms with van der Waals surface area (Å²) in [6.45, 7) is 9.39. The Morgan fingerprint density at radius 3 is 1.98 bits per heavy atom. The Labute approximate surface area is 231 Å². The molecule has 0 unspecified atom stereocenters. The van der Waals surface area contributed by atoms with Gasteiger partial charge in [-0.1, -0.05) is 18.2 Å². The van der Waals surface area contributed by atoms with Gasteiger partial charge < -0.3 is 24.8 Å². The third-order valence-electron chi connectivity index (χ3n) is 6.45. The molecule has 1 atom stereocenters. The number of anilines is 1. The van der Waals surface area contributed by atoms with Crippen LogP contribution in [0.2, 0.25) is 0 Å². The fourth-order valence-electron chi connectivity index (χ4n) is 4.42. The monoisotopic (exact) mass is 554 g/mol. The number of dihydropyridines is 1. The van der Waals surface area contributed by atoms with Crippen molar-refractivity contribution in [2.75, 3.05) is 18.5 Å².